The summed E-state index contributed by atoms with van der Waals surface area (Å²) in [6, 6.07) is -1.39. The molecule has 0 aromatic rings. The normalized spacial score (nSPS) is 12.8. The zero-order chi connectivity index (χ0) is 56.4. The first-order valence-corrected chi connectivity index (χ1v) is 31.0. The Morgan fingerprint density at radius 3 is 1.11 bits per heavy atom. The Balaban J connectivity index is -0.00000281. The number of thioether (sulfide) groups is 1. The number of aliphatic carboxylic acids is 5. The smallest absolute Gasteiger partial charge is 0.862 e. The van der Waals surface area contributed by atoms with Crippen molar-refractivity contribution in [2.24, 2.45) is 28.7 Å². The summed E-state index contributed by atoms with van der Waals surface area (Å²) >= 11 is 1.09. The number of rotatable bonds is 57. The monoisotopic (exact) mass is 1210 g/mol. The number of carboxylic acids is 5. The molecule has 0 saturated carbocycles. The maximum absolute atomic E-state index is 13.2. The molecular weight excluding hydrogens is 1110 g/mol. The minimum absolute atomic E-state index is 0. The number of hydrogen-bond acceptors (Lipinski definition) is 16. The van der Waals surface area contributed by atoms with Crippen molar-refractivity contribution in [2.75, 3.05) is 24.7 Å². The second kappa shape index (κ2) is 67.0. The molecule has 5 atom stereocenters. The average molecular weight is 1210 g/mol. The number of hydrogen-bond donors (Lipinski definition) is 1. The SMILES string of the molecule is CCCCCCCCCCCCCCCCCCOC(=O)C[C@H](N=C([O-])CCCSCC(CC(CC(CC(CCC(=O)[O-])C(=O)[O-])C(=O)[O-])C(=O)[O-])C(=O)O)C(=O)OCCCCCCCCCCCCCCCCCC.[Na+].[Na+].[Na+].[Na+].[Na+]. The molecule has 0 aliphatic rings. The number of unbranched alkanes of at least 4 members (excludes halogenated alkanes) is 30. The van der Waals surface area contributed by atoms with Gasteiger partial charge < -0.3 is 59.3 Å². The maximum atomic E-state index is 13.2. The van der Waals surface area contributed by atoms with Crippen molar-refractivity contribution < 1.29 is 221 Å². The number of nitrogens with zero attached hydrogens (tertiary/aromatic N) is 1. The minimum Gasteiger partial charge on any atom is -0.862 e. The van der Waals surface area contributed by atoms with Crippen LogP contribution in [-0.2, 0) is 43.0 Å². The summed E-state index contributed by atoms with van der Waals surface area (Å²) < 4.78 is 10.9. The number of carbonyl (C=O) groups is 7. The Morgan fingerprint density at radius 2 is 0.765 bits per heavy atom. The van der Waals surface area contributed by atoms with Gasteiger partial charge in [-0.1, -0.05) is 206 Å². The molecular formula is C59H100NNa5O15S. The molecule has 0 amide bonds. The zero-order valence-corrected chi connectivity index (χ0v) is 62.8. The van der Waals surface area contributed by atoms with Crippen LogP contribution in [0, 0.1) is 23.7 Å². The van der Waals surface area contributed by atoms with Gasteiger partial charge in [0.2, 0.25) is 0 Å². The Labute approximate surface area is 603 Å². The molecule has 0 bridgehead atoms. The molecule has 0 rings (SSSR count). The number of carbonyl (C=O) groups excluding carboxylic acids is 6. The van der Waals surface area contributed by atoms with Gasteiger partial charge >= 0.3 is 166 Å². The Morgan fingerprint density at radius 1 is 0.432 bits per heavy atom. The summed E-state index contributed by atoms with van der Waals surface area (Å²) in [4.78, 5) is 88.6. The molecule has 0 aliphatic carbocycles. The van der Waals surface area contributed by atoms with Gasteiger partial charge in [0.1, 0.15) is 0 Å². The van der Waals surface area contributed by atoms with Crippen LogP contribution < -0.4 is 173 Å². The third-order valence-corrected chi connectivity index (χ3v) is 15.4. The van der Waals surface area contributed by atoms with Crippen LogP contribution in [0.2, 0.25) is 0 Å². The summed E-state index contributed by atoms with van der Waals surface area (Å²) in [6.45, 7) is 4.80. The summed E-state index contributed by atoms with van der Waals surface area (Å²) in [7, 11) is 0. The van der Waals surface area contributed by atoms with Gasteiger partial charge in [0, 0.05) is 29.6 Å². The fraction of sp³-hybridized carbons (Fsp3) is 0.864. The molecule has 16 nitrogen and oxygen atoms in total. The van der Waals surface area contributed by atoms with Crippen molar-refractivity contribution in [1.29, 1.82) is 0 Å². The maximum Gasteiger partial charge on any atom is 1.00 e. The molecule has 0 radical (unpaired) electrons. The predicted molar refractivity (Wildman–Crippen MR) is 288 cm³/mol. The standard InChI is InChI=1S/C59H105NO15S.5Na/c1-3-5-7-9-11-13-15-17-19-21-23-25-27-29-31-33-39-74-54(64)45-51(59(73)75-40-34-32-30-28-26-24-22-20-18-16-14-12-10-8-6-4-2)60-52(61)36-35-41-76-46-50(58(71)72)44-49(57(69)70)43-48(56(67)68)42-47(55(65)66)37-38-53(62)63;;;;;/h47-51H,3-46H2,1-2H3,(H,60,61)(H,62,63)(H,65,66)(H,67,68)(H,69,70)(H,71,72);;;;;/q;5*+1/p-5/t47?,48?,49?,50?,51-;;;;;/m0...../s1. The van der Waals surface area contributed by atoms with Crippen molar-refractivity contribution in [3.63, 3.8) is 0 Å². The second-order valence-corrected chi connectivity index (χ2v) is 22.3. The van der Waals surface area contributed by atoms with E-state index in [1.165, 1.54) is 154 Å². The van der Waals surface area contributed by atoms with Crippen molar-refractivity contribution >= 4 is 59.4 Å². The van der Waals surface area contributed by atoms with E-state index < -0.39 is 116 Å². The van der Waals surface area contributed by atoms with Crippen molar-refractivity contribution in [3.8, 4) is 0 Å². The van der Waals surface area contributed by atoms with E-state index in [0.29, 0.717) is 12.8 Å². The first kappa shape index (κ1) is 93.3. The van der Waals surface area contributed by atoms with Crippen molar-refractivity contribution in [1.82, 2.24) is 0 Å². The topological polar surface area (TPSA) is 286 Å². The fourth-order valence-electron chi connectivity index (χ4n) is 9.42. The van der Waals surface area contributed by atoms with E-state index in [1.54, 1.807) is 0 Å². The van der Waals surface area contributed by atoms with Crippen LogP contribution in [0.25, 0.3) is 0 Å². The molecule has 81 heavy (non-hydrogen) atoms. The van der Waals surface area contributed by atoms with Crippen LogP contribution in [0.3, 0.4) is 0 Å². The molecule has 0 aliphatic heterocycles. The molecule has 442 valence electrons. The first-order chi connectivity index (χ1) is 36.6. The molecule has 0 spiro atoms. The van der Waals surface area contributed by atoms with Gasteiger partial charge in [-0.3, -0.25) is 14.6 Å². The van der Waals surface area contributed by atoms with Crippen LogP contribution >= 0.6 is 11.8 Å². The fourth-order valence-corrected chi connectivity index (χ4v) is 10.5. The average Bonchev–Trinajstić information content (AvgIpc) is 3.37. The van der Waals surface area contributed by atoms with Gasteiger partial charge in [0.25, 0.3) is 0 Å². The minimum atomic E-state index is -1.80. The summed E-state index contributed by atoms with van der Waals surface area (Å²) in [5.41, 5.74) is 0. The molecule has 4 unspecified atom stereocenters. The van der Waals surface area contributed by atoms with Gasteiger partial charge in [-0.25, -0.2) is 4.79 Å². The zero-order valence-electron chi connectivity index (χ0n) is 52.0. The Bertz CT molecular complexity index is 1590. The van der Waals surface area contributed by atoms with Crippen LogP contribution in [0.15, 0.2) is 4.99 Å². The summed E-state index contributed by atoms with van der Waals surface area (Å²) in [6.07, 6.45) is 35.0. The number of esters is 2. The Kier molecular flexibility index (Phi) is 77.2. The van der Waals surface area contributed by atoms with E-state index >= 15 is 0 Å². The van der Waals surface area contributed by atoms with E-state index in [9.17, 15) is 64.2 Å². The summed E-state index contributed by atoms with van der Waals surface area (Å²) in [5, 5.41) is 69.2. The molecule has 1 N–H and O–H groups in total. The van der Waals surface area contributed by atoms with Crippen LogP contribution in [-0.4, -0.2) is 83.6 Å². The van der Waals surface area contributed by atoms with Crippen LogP contribution in [0.4, 0.5) is 0 Å². The third kappa shape index (κ3) is 59.8. The molecule has 0 aromatic heterocycles. The van der Waals surface area contributed by atoms with Gasteiger partial charge in [-0.2, -0.15) is 11.8 Å². The molecule has 0 aromatic carbocycles. The van der Waals surface area contributed by atoms with Crippen LogP contribution in [0.1, 0.15) is 271 Å². The van der Waals surface area contributed by atoms with E-state index in [2.05, 4.69) is 18.8 Å². The van der Waals surface area contributed by atoms with Crippen molar-refractivity contribution in [3.05, 3.63) is 0 Å². The van der Waals surface area contributed by atoms with Crippen LogP contribution in [0.5, 0.6) is 0 Å². The molecule has 0 saturated heterocycles. The van der Waals surface area contributed by atoms with Gasteiger partial charge in [0.15, 0.2) is 6.04 Å². The van der Waals surface area contributed by atoms with E-state index in [1.807, 2.05) is 0 Å². The van der Waals surface area contributed by atoms with E-state index in [4.69, 9.17) is 9.47 Å². The van der Waals surface area contributed by atoms with Gasteiger partial charge in [0.05, 0.1) is 25.6 Å². The van der Waals surface area contributed by atoms with Gasteiger partial charge in [-0.05, 0) is 87.2 Å². The first-order valence-electron chi connectivity index (χ1n) is 29.8. The quantitative estimate of drug-likeness (QED) is 0.0195. The number of ether oxygens (including phenoxy) is 2. The van der Waals surface area contributed by atoms with E-state index in [-0.39, 0.29) is 185 Å². The molecule has 22 heteroatoms. The predicted octanol–water partition coefficient (Wildman–Crippen LogP) is -6.85. The summed E-state index contributed by atoms with van der Waals surface area (Å²) in [5.74, 6) is -16.4. The second-order valence-electron chi connectivity index (χ2n) is 21.1. The Hall–Kier alpha value is 1.11. The third-order valence-electron chi connectivity index (χ3n) is 14.2. The van der Waals surface area contributed by atoms with Crippen molar-refractivity contribution in [2.45, 2.75) is 277 Å². The largest absolute Gasteiger partial charge is 1.00 e. The molecule has 0 fully saturated rings. The van der Waals surface area contributed by atoms with E-state index in [0.717, 1.165) is 50.3 Å². The number of aliphatic imine (C=N–C) groups is 1. The molecule has 0 heterocycles. The van der Waals surface area contributed by atoms with Gasteiger partial charge in [-0.15, -0.1) is 0 Å². The number of carboxylic acid groups (broad SMARTS) is 5.